The monoisotopic (exact) mass is 217 g/mol. The van der Waals surface area contributed by atoms with E-state index >= 15 is 0 Å². The average Bonchev–Trinajstić information content (AvgIpc) is 2.03. The number of pyridine rings is 1. The van der Waals surface area contributed by atoms with Gasteiger partial charge in [-0.15, -0.1) is 0 Å². The second kappa shape index (κ2) is 3.77. The number of aromatic nitrogens is 1. The number of aliphatic carboxylic acids is 1. The SMILES string of the molecule is C=C(C(=O)O)c1cnc(Cl)cc1Cl. The quantitative estimate of drug-likeness (QED) is 0.612. The molecule has 1 rings (SSSR count). The van der Waals surface area contributed by atoms with E-state index in [0.29, 0.717) is 0 Å². The van der Waals surface area contributed by atoms with E-state index in [4.69, 9.17) is 28.3 Å². The van der Waals surface area contributed by atoms with Gasteiger partial charge in [0, 0.05) is 11.8 Å². The molecule has 3 nitrogen and oxygen atoms in total. The van der Waals surface area contributed by atoms with Crippen molar-refractivity contribution in [3.05, 3.63) is 34.6 Å². The van der Waals surface area contributed by atoms with Crippen molar-refractivity contribution in [1.29, 1.82) is 0 Å². The van der Waals surface area contributed by atoms with Gasteiger partial charge in [0.1, 0.15) is 5.15 Å². The fourth-order valence-electron chi connectivity index (χ4n) is 0.745. The number of halogens is 2. The van der Waals surface area contributed by atoms with E-state index in [9.17, 15) is 4.79 Å². The van der Waals surface area contributed by atoms with Crippen LogP contribution in [-0.2, 0) is 4.79 Å². The molecule has 0 fully saturated rings. The van der Waals surface area contributed by atoms with E-state index in [1.807, 2.05) is 0 Å². The first-order valence-electron chi connectivity index (χ1n) is 3.26. The van der Waals surface area contributed by atoms with Crippen LogP contribution in [-0.4, -0.2) is 16.1 Å². The summed E-state index contributed by atoms with van der Waals surface area (Å²) in [6.07, 6.45) is 1.28. The molecule has 0 unspecified atom stereocenters. The van der Waals surface area contributed by atoms with Gasteiger partial charge in [0.15, 0.2) is 0 Å². The van der Waals surface area contributed by atoms with Gasteiger partial charge >= 0.3 is 5.97 Å². The molecule has 0 aliphatic rings. The minimum Gasteiger partial charge on any atom is -0.478 e. The largest absolute Gasteiger partial charge is 0.478 e. The van der Waals surface area contributed by atoms with Crippen LogP contribution in [0.3, 0.4) is 0 Å². The van der Waals surface area contributed by atoms with E-state index in [1.165, 1.54) is 12.3 Å². The summed E-state index contributed by atoms with van der Waals surface area (Å²) in [7, 11) is 0. The molecule has 0 aliphatic carbocycles. The number of nitrogens with zero attached hydrogens (tertiary/aromatic N) is 1. The fourth-order valence-corrected chi connectivity index (χ4v) is 1.22. The van der Waals surface area contributed by atoms with Gasteiger partial charge in [-0.1, -0.05) is 29.8 Å². The topological polar surface area (TPSA) is 50.2 Å². The van der Waals surface area contributed by atoms with Crippen LogP contribution in [0.2, 0.25) is 10.2 Å². The summed E-state index contributed by atoms with van der Waals surface area (Å²) < 4.78 is 0. The van der Waals surface area contributed by atoms with Crippen LogP contribution in [0.15, 0.2) is 18.8 Å². The molecule has 0 bridgehead atoms. The number of carboxylic acid groups (broad SMARTS) is 1. The first-order chi connectivity index (χ1) is 6.02. The molecule has 68 valence electrons. The lowest BCUT2D eigenvalue weighted by atomic mass is 10.1. The van der Waals surface area contributed by atoms with Crippen molar-refractivity contribution < 1.29 is 9.90 Å². The average molecular weight is 218 g/mol. The Morgan fingerprint density at radius 1 is 1.54 bits per heavy atom. The van der Waals surface area contributed by atoms with Gasteiger partial charge < -0.3 is 5.11 Å². The Bertz CT molecular complexity index is 376. The minimum atomic E-state index is -1.13. The van der Waals surface area contributed by atoms with Crippen LogP contribution < -0.4 is 0 Å². The standard InChI is InChI=1S/C8H5Cl2NO2/c1-4(8(12)13)5-3-11-7(10)2-6(5)9/h2-3H,1H2,(H,12,13). The van der Waals surface area contributed by atoms with Crippen molar-refractivity contribution in [1.82, 2.24) is 4.98 Å². The zero-order valence-corrected chi connectivity index (χ0v) is 7.93. The van der Waals surface area contributed by atoms with Crippen molar-refractivity contribution >= 4 is 34.7 Å². The summed E-state index contributed by atoms with van der Waals surface area (Å²) in [5.74, 6) is -1.13. The molecule has 0 saturated heterocycles. The summed E-state index contributed by atoms with van der Waals surface area (Å²) in [6, 6.07) is 1.37. The maximum absolute atomic E-state index is 10.5. The first-order valence-corrected chi connectivity index (χ1v) is 4.01. The third-order valence-corrected chi connectivity index (χ3v) is 1.92. The van der Waals surface area contributed by atoms with Crippen LogP contribution in [0.5, 0.6) is 0 Å². The maximum Gasteiger partial charge on any atom is 0.335 e. The normalized spacial score (nSPS) is 9.69. The lowest BCUT2D eigenvalue weighted by Gasteiger charge is -2.02. The Morgan fingerprint density at radius 3 is 2.62 bits per heavy atom. The van der Waals surface area contributed by atoms with Gasteiger partial charge in [-0.05, 0) is 6.07 Å². The molecule has 0 aromatic carbocycles. The maximum atomic E-state index is 10.5. The van der Waals surface area contributed by atoms with Crippen molar-refractivity contribution in [3.8, 4) is 0 Å². The fraction of sp³-hybridized carbons (Fsp3) is 0. The number of carbonyl (C=O) groups is 1. The lowest BCUT2D eigenvalue weighted by Crippen LogP contribution is -1.99. The van der Waals surface area contributed by atoms with Gasteiger partial charge in [-0.25, -0.2) is 9.78 Å². The molecule has 0 saturated carbocycles. The molecule has 0 atom stereocenters. The summed E-state index contributed by atoms with van der Waals surface area (Å²) in [5.41, 5.74) is 0.174. The smallest absolute Gasteiger partial charge is 0.335 e. The van der Waals surface area contributed by atoms with E-state index in [0.717, 1.165) is 0 Å². The molecule has 1 N–H and O–H groups in total. The predicted molar refractivity (Wildman–Crippen MR) is 50.9 cm³/mol. The van der Waals surface area contributed by atoms with Crippen LogP contribution >= 0.6 is 23.2 Å². The molecular formula is C8H5Cl2NO2. The molecule has 5 heteroatoms. The van der Waals surface area contributed by atoms with E-state index < -0.39 is 5.97 Å². The Kier molecular flexibility index (Phi) is 2.90. The minimum absolute atomic E-state index is 0.103. The molecule has 0 aliphatic heterocycles. The molecule has 0 amide bonds. The Labute approximate surface area is 84.6 Å². The summed E-state index contributed by atoms with van der Waals surface area (Å²) in [5, 5.41) is 9.05. The number of hydrogen-bond donors (Lipinski definition) is 1. The molecule has 1 heterocycles. The van der Waals surface area contributed by atoms with Gasteiger partial charge in [-0.3, -0.25) is 0 Å². The molecule has 13 heavy (non-hydrogen) atoms. The van der Waals surface area contributed by atoms with E-state index in [-0.39, 0.29) is 21.3 Å². The highest BCUT2D eigenvalue weighted by Gasteiger charge is 2.11. The third-order valence-electron chi connectivity index (χ3n) is 1.40. The predicted octanol–water partition coefficient (Wildman–Crippen LogP) is 2.49. The number of carboxylic acids is 1. The van der Waals surface area contributed by atoms with Crippen LogP contribution in [0.4, 0.5) is 0 Å². The van der Waals surface area contributed by atoms with Gasteiger partial charge in [0.25, 0.3) is 0 Å². The van der Waals surface area contributed by atoms with Crippen molar-refractivity contribution in [3.63, 3.8) is 0 Å². The number of rotatable bonds is 2. The molecule has 0 spiro atoms. The second-order valence-corrected chi connectivity index (χ2v) is 3.07. The van der Waals surface area contributed by atoms with Crippen LogP contribution in [0, 0.1) is 0 Å². The van der Waals surface area contributed by atoms with E-state index in [1.54, 1.807) is 0 Å². The highest BCUT2D eigenvalue weighted by Crippen LogP contribution is 2.24. The zero-order valence-electron chi connectivity index (χ0n) is 6.42. The van der Waals surface area contributed by atoms with Crippen LogP contribution in [0.25, 0.3) is 5.57 Å². The van der Waals surface area contributed by atoms with Crippen LogP contribution in [0.1, 0.15) is 5.56 Å². The highest BCUT2D eigenvalue weighted by atomic mass is 35.5. The number of hydrogen-bond acceptors (Lipinski definition) is 2. The molecule has 1 aromatic rings. The summed E-state index contributed by atoms with van der Waals surface area (Å²) >= 11 is 11.2. The molecule has 1 aromatic heterocycles. The van der Waals surface area contributed by atoms with Gasteiger partial charge in [-0.2, -0.15) is 0 Å². The van der Waals surface area contributed by atoms with Crippen molar-refractivity contribution in [2.45, 2.75) is 0 Å². The summed E-state index contributed by atoms with van der Waals surface area (Å²) in [4.78, 5) is 14.2. The Hall–Kier alpha value is -1.06. The van der Waals surface area contributed by atoms with E-state index in [2.05, 4.69) is 11.6 Å². The van der Waals surface area contributed by atoms with Gasteiger partial charge in [0.05, 0.1) is 10.6 Å². The first kappa shape index (κ1) is 10.0. The van der Waals surface area contributed by atoms with Gasteiger partial charge in [0.2, 0.25) is 0 Å². The van der Waals surface area contributed by atoms with Crippen molar-refractivity contribution in [2.75, 3.05) is 0 Å². The lowest BCUT2D eigenvalue weighted by molar-refractivity contribution is -0.130. The highest BCUT2D eigenvalue weighted by molar-refractivity contribution is 6.36. The molecular weight excluding hydrogens is 213 g/mol. The molecule has 0 radical (unpaired) electrons. The second-order valence-electron chi connectivity index (χ2n) is 2.27. The Balaban J connectivity index is 3.16. The van der Waals surface area contributed by atoms with Crippen molar-refractivity contribution in [2.24, 2.45) is 0 Å². The third kappa shape index (κ3) is 2.20. The Morgan fingerprint density at radius 2 is 2.15 bits per heavy atom. The zero-order chi connectivity index (χ0) is 10.0. The summed E-state index contributed by atoms with van der Waals surface area (Å²) in [6.45, 7) is 3.35.